The Bertz CT molecular complexity index is 184. The molecule has 0 aromatic carbocycles. The molecule has 0 saturated heterocycles. The second-order valence-corrected chi connectivity index (χ2v) is 4.94. The van der Waals surface area contributed by atoms with Crippen LogP contribution in [0.2, 0.25) is 0 Å². The molecule has 0 aliphatic heterocycles. The van der Waals surface area contributed by atoms with Crippen LogP contribution in [-0.2, 0) is 42.0 Å². The topological polar surface area (TPSA) is 6.48 Å². The summed E-state index contributed by atoms with van der Waals surface area (Å²) >= 11 is 19.0. The third-order valence-corrected chi connectivity index (χ3v) is 3.08. The number of thiocarbonyl (C=S) groups is 2. The maximum Gasteiger partial charge on any atom is 2.00 e. The van der Waals surface area contributed by atoms with Crippen molar-refractivity contribution < 1.29 is 16.8 Å². The predicted octanol–water partition coefficient (Wildman–Crippen LogP) is 2.32. The van der Waals surface area contributed by atoms with E-state index in [1.807, 2.05) is 37.5 Å². The second-order valence-electron chi connectivity index (χ2n) is 2.88. The Labute approximate surface area is 138 Å². The Kier molecular flexibility index (Phi) is 19.9. The summed E-state index contributed by atoms with van der Waals surface area (Å²) in [6.07, 6.45) is 0. The van der Waals surface area contributed by atoms with E-state index in [4.69, 9.17) is 49.7 Å². The van der Waals surface area contributed by atoms with Gasteiger partial charge < -0.3 is 59.5 Å². The van der Waals surface area contributed by atoms with E-state index in [2.05, 4.69) is 0 Å². The first kappa shape index (κ1) is 22.9. The molecule has 0 aromatic rings. The van der Waals surface area contributed by atoms with Crippen LogP contribution >= 0.6 is 24.4 Å². The van der Waals surface area contributed by atoms with Crippen molar-refractivity contribution in [2.24, 2.45) is 0 Å². The molecule has 0 aromatic heterocycles. The molecule has 17 heavy (non-hydrogen) atoms. The maximum atomic E-state index is 4.76. The molecule has 0 atom stereocenters. The molecule has 7 heteroatoms. The van der Waals surface area contributed by atoms with Crippen molar-refractivity contribution in [1.82, 2.24) is 9.80 Å². The zero-order chi connectivity index (χ0) is 13.1. The summed E-state index contributed by atoms with van der Waals surface area (Å²) in [5.41, 5.74) is 0. The summed E-state index contributed by atoms with van der Waals surface area (Å²) in [5.74, 6) is 0. The molecule has 0 amide bonds. The fourth-order valence-electron chi connectivity index (χ4n) is 0.964. The molecule has 0 aliphatic carbocycles. The Morgan fingerprint density at radius 3 is 0.941 bits per heavy atom. The van der Waals surface area contributed by atoms with Gasteiger partial charge in [0.1, 0.15) is 0 Å². The molecule has 0 heterocycles. The van der Waals surface area contributed by atoms with Gasteiger partial charge in [-0.1, -0.05) is 8.64 Å². The van der Waals surface area contributed by atoms with Crippen LogP contribution in [0.4, 0.5) is 0 Å². The van der Waals surface area contributed by atoms with Crippen LogP contribution in [-0.4, -0.2) is 44.6 Å². The molecular formula is C10H20CoN2S4. The third-order valence-electron chi connectivity index (χ3n) is 2.04. The summed E-state index contributed by atoms with van der Waals surface area (Å²) in [6, 6.07) is 0. The van der Waals surface area contributed by atoms with Gasteiger partial charge in [0.2, 0.25) is 0 Å². The first-order valence-corrected chi connectivity index (χ1v) is 6.99. The molecule has 0 fully saturated rings. The van der Waals surface area contributed by atoms with E-state index in [9.17, 15) is 0 Å². The van der Waals surface area contributed by atoms with Gasteiger partial charge in [-0.2, -0.15) is 0 Å². The Morgan fingerprint density at radius 1 is 0.765 bits per heavy atom. The minimum Gasteiger partial charge on any atom is -0.411 e. The largest absolute Gasteiger partial charge is 2.00 e. The summed E-state index contributed by atoms with van der Waals surface area (Å²) in [6.45, 7) is 11.9. The number of hydrogen-bond donors (Lipinski definition) is 0. The normalized spacial score (nSPS) is 8.24. The number of hydrogen-bond acceptors (Lipinski definition) is 4. The van der Waals surface area contributed by atoms with Gasteiger partial charge >= 0.3 is 16.8 Å². The van der Waals surface area contributed by atoms with Crippen molar-refractivity contribution in [3.8, 4) is 0 Å². The van der Waals surface area contributed by atoms with E-state index in [1.165, 1.54) is 0 Å². The first-order chi connectivity index (χ1) is 7.44. The summed E-state index contributed by atoms with van der Waals surface area (Å²) in [5, 5.41) is 0. The quantitative estimate of drug-likeness (QED) is 0.560. The minimum absolute atomic E-state index is 0. The summed E-state index contributed by atoms with van der Waals surface area (Å²) < 4.78 is 1.16. The molecule has 0 N–H and O–H groups in total. The van der Waals surface area contributed by atoms with Crippen LogP contribution in [0.5, 0.6) is 0 Å². The molecule has 0 aliphatic rings. The van der Waals surface area contributed by atoms with Gasteiger partial charge in [-0.15, -0.1) is 0 Å². The van der Waals surface area contributed by atoms with Crippen molar-refractivity contribution in [2.75, 3.05) is 26.2 Å². The van der Waals surface area contributed by atoms with Crippen LogP contribution in [0.3, 0.4) is 0 Å². The van der Waals surface area contributed by atoms with Gasteiger partial charge in [0.05, 0.1) is 0 Å². The fourth-order valence-corrected chi connectivity index (χ4v) is 2.00. The van der Waals surface area contributed by atoms with Crippen molar-refractivity contribution in [1.29, 1.82) is 0 Å². The maximum absolute atomic E-state index is 4.76. The van der Waals surface area contributed by atoms with Crippen LogP contribution in [0, 0.1) is 0 Å². The van der Waals surface area contributed by atoms with E-state index >= 15 is 0 Å². The summed E-state index contributed by atoms with van der Waals surface area (Å²) in [7, 11) is 0. The van der Waals surface area contributed by atoms with Crippen molar-refractivity contribution in [2.45, 2.75) is 27.7 Å². The van der Waals surface area contributed by atoms with E-state index < -0.39 is 0 Å². The van der Waals surface area contributed by atoms with Gasteiger partial charge in [0.15, 0.2) is 0 Å². The van der Waals surface area contributed by atoms with Gasteiger partial charge in [0.25, 0.3) is 0 Å². The van der Waals surface area contributed by atoms with Gasteiger partial charge in [0, 0.05) is 26.2 Å². The second kappa shape index (κ2) is 14.8. The van der Waals surface area contributed by atoms with Crippen LogP contribution in [0.25, 0.3) is 0 Å². The fraction of sp³-hybridized carbons (Fsp3) is 0.800. The van der Waals surface area contributed by atoms with Gasteiger partial charge in [-0.25, -0.2) is 0 Å². The molecule has 2 nitrogen and oxygen atoms in total. The average Bonchev–Trinajstić information content (AvgIpc) is 2.21. The molecule has 0 bridgehead atoms. The zero-order valence-corrected chi connectivity index (χ0v) is 15.0. The Morgan fingerprint density at radius 2 is 0.941 bits per heavy atom. The number of nitrogens with zero attached hydrogens (tertiary/aromatic N) is 2. The van der Waals surface area contributed by atoms with Crippen molar-refractivity contribution >= 4 is 58.3 Å². The smallest absolute Gasteiger partial charge is 0.411 e. The molecule has 0 unspecified atom stereocenters. The molecule has 1 radical (unpaired) electrons. The molecular weight excluding hydrogens is 335 g/mol. The van der Waals surface area contributed by atoms with E-state index in [0.29, 0.717) is 8.64 Å². The molecule has 0 spiro atoms. The van der Waals surface area contributed by atoms with Crippen LogP contribution < -0.4 is 0 Å². The third kappa shape index (κ3) is 13.0. The van der Waals surface area contributed by atoms with E-state index in [0.717, 1.165) is 26.2 Å². The van der Waals surface area contributed by atoms with Crippen molar-refractivity contribution in [3.05, 3.63) is 0 Å². The number of rotatable bonds is 4. The van der Waals surface area contributed by atoms with E-state index in [-0.39, 0.29) is 16.8 Å². The van der Waals surface area contributed by atoms with Crippen molar-refractivity contribution in [3.63, 3.8) is 0 Å². The SMILES string of the molecule is CCN(CC)C(=S)[S-].CCN(CC)C(=S)[S-].[Co+2]. The molecule has 0 saturated carbocycles. The van der Waals surface area contributed by atoms with Gasteiger partial charge in [-0.3, -0.25) is 0 Å². The van der Waals surface area contributed by atoms with E-state index in [1.54, 1.807) is 0 Å². The Balaban J connectivity index is -0.000000218. The summed E-state index contributed by atoms with van der Waals surface area (Å²) in [4.78, 5) is 3.93. The minimum atomic E-state index is 0. The predicted molar refractivity (Wildman–Crippen MR) is 85.8 cm³/mol. The van der Waals surface area contributed by atoms with Crippen LogP contribution in [0.1, 0.15) is 27.7 Å². The average molecular weight is 355 g/mol. The monoisotopic (exact) mass is 355 g/mol. The first-order valence-electron chi connectivity index (χ1n) is 5.36. The van der Waals surface area contributed by atoms with Crippen LogP contribution in [0.15, 0.2) is 0 Å². The standard InChI is InChI=1S/2C5H11NS2.Co/c2*1-3-6(4-2)5(7)8;/h2*3-4H2,1-2H3,(H,7,8);/q;;+2/p-2. The zero-order valence-electron chi connectivity index (χ0n) is 10.7. The Hall–Kier alpha value is 0.726. The molecule has 0 rings (SSSR count). The van der Waals surface area contributed by atoms with Gasteiger partial charge in [-0.05, 0) is 27.7 Å². The molecule has 103 valence electrons.